The molecule has 0 aliphatic rings. The second-order valence-corrected chi connectivity index (χ2v) is 6.85. The SMILES string of the molecule is CCCCc1nc(Cc2ccc(-c3ccccc3C(=O)O)nc2)n(CCC)n1. The standard InChI is InChI=1S/C22H26N4O2/c1-3-5-10-20-24-21(26(25-20)13-4-2)14-16-11-12-19(23-15-16)17-8-6-7-9-18(17)22(27)28/h6-9,11-12,15H,3-5,10,13-14H2,1-2H3,(H,27,28). The number of rotatable bonds is 9. The number of hydrogen-bond acceptors (Lipinski definition) is 4. The lowest BCUT2D eigenvalue weighted by Crippen LogP contribution is -2.06. The fourth-order valence-corrected chi connectivity index (χ4v) is 3.15. The van der Waals surface area contributed by atoms with Gasteiger partial charge in [0.1, 0.15) is 5.82 Å². The number of aryl methyl sites for hydroxylation is 2. The van der Waals surface area contributed by atoms with Gasteiger partial charge in [-0.3, -0.25) is 4.98 Å². The minimum Gasteiger partial charge on any atom is -0.478 e. The van der Waals surface area contributed by atoms with Gasteiger partial charge in [-0.25, -0.2) is 14.5 Å². The van der Waals surface area contributed by atoms with Gasteiger partial charge in [0.2, 0.25) is 0 Å². The van der Waals surface area contributed by atoms with Crippen molar-refractivity contribution in [2.75, 3.05) is 0 Å². The van der Waals surface area contributed by atoms with Crippen molar-refractivity contribution in [3.8, 4) is 11.3 Å². The smallest absolute Gasteiger partial charge is 0.336 e. The van der Waals surface area contributed by atoms with Crippen molar-refractivity contribution >= 4 is 5.97 Å². The molecule has 2 heterocycles. The highest BCUT2D eigenvalue weighted by atomic mass is 16.4. The zero-order valence-electron chi connectivity index (χ0n) is 16.4. The third kappa shape index (κ3) is 4.63. The van der Waals surface area contributed by atoms with E-state index in [0.717, 1.165) is 49.4 Å². The van der Waals surface area contributed by atoms with Crippen LogP contribution >= 0.6 is 0 Å². The van der Waals surface area contributed by atoms with Crippen LogP contribution in [0.3, 0.4) is 0 Å². The molecular weight excluding hydrogens is 352 g/mol. The van der Waals surface area contributed by atoms with Crippen molar-refractivity contribution in [3.05, 3.63) is 65.4 Å². The number of nitrogens with zero attached hydrogens (tertiary/aromatic N) is 4. The minimum atomic E-state index is -0.950. The Bertz CT molecular complexity index is 932. The highest BCUT2D eigenvalue weighted by molar-refractivity contribution is 5.95. The average Bonchev–Trinajstić information content (AvgIpc) is 3.08. The molecule has 0 radical (unpaired) electrons. The van der Waals surface area contributed by atoms with Crippen molar-refractivity contribution in [3.63, 3.8) is 0 Å². The molecule has 0 amide bonds. The Kier molecular flexibility index (Phi) is 6.53. The van der Waals surface area contributed by atoms with Gasteiger partial charge in [0.25, 0.3) is 0 Å². The first-order chi connectivity index (χ1) is 13.6. The fraction of sp³-hybridized carbons (Fsp3) is 0.364. The summed E-state index contributed by atoms with van der Waals surface area (Å²) in [5.74, 6) is 0.910. The van der Waals surface area contributed by atoms with Crippen LogP contribution in [-0.2, 0) is 19.4 Å². The van der Waals surface area contributed by atoms with Crippen molar-refractivity contribution in [1.29, 1.82) is 0 Å². The zero-order valence-corrected chi connectivity index (χ0v) is 16.4. The molecule has 0 bridgehead atoms. The second-order valence-electron chi connectivity index (χ2n) is 6.85. The molecule has 1 N–H and O–H groups in total. The number of carboxylic acid groups (broad SMARTS) is 1. The van der Waals surface area contributed by atoms with Gasteiger partial charge in [-0.2, -0.15) is 5.10 Å². The minimum absolute atomic E-state index is 0.256. The van der Waals surface area contributed by atoms with E-state index in [-0.39, 0.29) is 5.56 Å². The lowest BCUT2D eigenvalue weighted by atomic mass is 10.0. The molecule has 0 spiro atoms. The lowest BCUT2D eigenvalue weighted by Gasteiger charge is -2.07. The molecule has 0 aliphatic heterocycles. The number of carboxylic acids is 1. The highest BCUT2D eigenvalue weighted by Crippen LogP contribution is 2.22. The van der Waals surface area contributed by atoms with E-state index in [1.165, 1.54) is 0 Å². The molecule has 3 rings (SSSR count). The van der Waals surface area contributed by atoms with Gasteiger partial charge < -0.3 is 5.11 Å². The van der Waals surface area contributed by atoms with Crippen LogP contribution in [-0.4, -0.2) is 30.8 Å². The molecular formula is C22H26N4O2. The van der Waals surface area contributed by atoms with Crippen molar-refractivity contribution < 1.29 is 9.90 Å². The fourth-order valence-electron chi connectivity index (χ4n) is 3.15. The maximum Gasteiger partial charge on any atom is 0.336 e. The number of aromatic carboxylic acids is 1. The summed E-state index contributed by atoms with van der Waals surface area (Å²) in [5.41, 5.74) is 2.56. The van der Waals surface area contributed by atoms with E-state index in [4.69, 9.17) is 4.98 Å². The molecule has 3 aromatic rings. The van der Waals surface area contributed by atoms with E-state index in [2.05, 4.69) is 23.9 Å². The second kappa shape index (κ2) is 9.26. The van der Waals surface area contributed by atoms with Crippen LogP contribution in [0.25, 0.3) is 11.3 Å². The highest BCUT2D eigenvalue weighted by Gasteiger charge is 2.13. The molecule has 6 heteroatoms. The summed E-state index contributed by atoms with van der Waals surface area (Å²) in [5, 5.41) is 14.0. The van der Waals surface area contributed by atoms with Gasteiger partial charge in [-0.05, 0) is 30.5 Å². The number of carbonyl (C=O) groups is 1. The monoisotopic (exact) mass is 378 g/mol. The zero-order chi connectivity index (χ0) is 19.9. The van der Waals surface area contributed by atoms with Crippen LogP contribution in [0.15, 0.2) is 42.6 Å². The maximum atomic E-state index is 11.4. The Hall–Kier alpha value is -3.02. The van der Waals surface area contributed by atoms with E-state index >= 15 is 0 Å². The summed E-state index contributed by atoms with van der Waals surface area (Å²) < 4.78 is 2.00. The van der Waals surface area contributed by atoms with Crippen LogP contribution in [0.1, 0.15) is 60.7 Å². The van der Waals surface area contributed by atoms with Crippen LogP contribution in [0.2, 0.25) is 0 Å². The Morgan fingerprint density at radius 1 is 1.11 bits per heavy atom. The van der Waals surface area contributed by atoms with Crippen molar-refractivity contribution in [2.24, 2.45) is 0 Å². The first kappa shape index (κ1) is 19.7. The third-order valence-corrected chi connectivity index (χ3v) is 4.60. The third-order valence-electron chi connectivity index (χ3n) is 4.60. The molecule has 0 aliphatic carbocycles. The first-order valence-electron chi connectivity index (χ1n) is 9.82. The lowest BCUT2D eigenvalue weighted by molar-refractivity contribution is 0.0697. The Morgan fingerprint density at radius 3 is 2.61 bits per heavy atom. The van der Waals surface area contributed by atoms with Gasteiger partial charge in [-0.1, -0.05) is 44.5 Å². The molecule has 0 unspecified atom stereocenters. The Balaban J connectivity index is 1.81. The van der Waals surface area contributed by atoms with E-state index in [1.54, 1.807) is 24.4 Å². The summed E-state index contributed by atoms with van der Waals surface area (Å²) in [4.78, 5) is 20.7. The van der Waals surface area contributed by atoms with Crippen LogP contribution < -0.4 is 0 Å². The van der Waals surface area contributed by atoms with Crippen molar-refractivity contribution in [2.45, 2.75) is 52.5 Å². The van der Waals surface area contributed by atoms with E-state index < -0.39 is 5.97 Å². The predicted molar refractivity (Wildman–Crippen MR) is 108 cm³/mol. The number of benzene rings is 1. The van der Waals surface area contributed by atoms with Gasteiger partial charge >= 0.3 is 5.97 Å². The van der Waals surface area contributed by atoms with Crippen LogP contribution in [0, 0.1) is 0 Å². The molecule has 146 valence electrons. The molecule has 28 heavy (non-hydrogen) atoms. The summed E-state index contributed by atoms with van der Waals surface area (Å²) in [6.45, 7) is 5.15. The molecule has 1 aromatic carbocycles. The number of aromatic nitrogens is 4. The van der Waals surface area contributed by atoms with Gasteiger partial charge in [0.05, 0.1) is 11.3 Å². The van der Waals surface area contributed by atoms with E-state index in [1.807, 2.05) is 22.9 Å². The largest absolute Gasteiger partial charge is 0.478 e. The topological polar surface area (TPSA) is 80.9 Å². The van der Waals surface area contributed by atoms with Crippen LogP contribution in [0.4, 0.5) is 0 Å². The van der Waals surface area contributed by atoms with E-state index in [9.17, 15) is 9.90 Å². The number of hydrogen-bond donors (Lipinski definition) is 1. The molecule has 0 saturated carbocycles. The summed E-state index contributed by atoms with van der Waals surface area (Å²) in [6.07, 6.45) is 6.59. The first-order valence-corrected chi connectivity index (χ1v) is 9.82. The summed E-state index contributed by atoms with van der Waals surface area (Å²) >= 11 is 0. The summed E-state index contributed by atoms with van der Waals surface area (Å²) in [7, 11) is 0. The van der Waals surface area contributed by atoms with E-state index in [0.29, 0.717) is 17.7 Å². The molecule has 2 aromatic heterocycles. The quantitative estimate of drug-likeness (QED) is 0.597. The summed E-state index contributed by atoms with van der Waals surface area (Å²) in [6, 6.07) is 10.8. The molecule has 0 atom stereocenters. The van der Waals surface area contributed by atoms with Crippen LogP contribution in [0.5, 0.6) is 0 Å². The molecule has 0 fully saturated rings. The number of unbranched alkanes of at least 4 members (excludes halogenated alkanes) is 1. The predicted octanol–water partition coefficient (Wildman–Crippen LogP) is 4.38. The maximum absolute atomic E-state index is 11.4. The van der Waals surface area contributed by atoms with Gasteiger partial charge in [-0.15, -0.1) is 0 Å². The normalized spacial score (nSPS) is 10.9. The molecule has 0 saturated heterocycles. The van der Waals surface area contributed by atoms with Crippen molar-refractivity contribution in [1.82, 2.24) is 19.7 Å². The Labute approximate surface area is 165 Å². The Morgan fingerprint density at radius 2 is 1.93 bits per heavy atom. The van der Waals surface area contributed by atoms with Gasteiger partial charge in [0.15, 0.2) is 5.82 Å². The van der Waals surface area contributed by atoms with Gasteiger partial charge in [0, 0.05) is 31.1 Å². The molecule has 6 nitrogen and oxygen atoms in total. The number of pyridine rings is 1. The average molecular weight is 378 g/mol.